The van der Waals surface area contributed by atoms with Gasteiger partial charge in [-0.25, -0.2) is 0 Å². The zero-order valence-electron chi connectivity index (χ0n) is 8.48. The molecule has 1 N–H and O–H groups in total. The third-order valence-electron chi connectivity index (χ3n) is 3.94. The highest BCUT2D eigenvalue weighted by Crippen LogP contribution is 2.55. The van der Waals surface area contributed by atoms with E-state index in [2.05, 4.69) is 18.2 Å². The van der Waals surface area contributed by atoms with E-state index in [0.29, 0.717) is 6.42 Å². The number of hydrogen-bond acceptors (Lipinski definition) is 2. The van der Waals surface area contributed by atoms with Gasteiger partial charge in [0.15, 0.2) is 0 Å². The molecule has 0 aromatic heterocycles. The molecule has 1 fully saturated rings. The van der Waals surface area contributed by atoms with Crippen molar-refractivity contribution in [1.82, 2.24) is 0 Å². The van der Waals surface area contributed by atoms with E-state index in [-0.39, 0.29) is 11.8 Å². The second-order valence-corrected chi connectivity index (χ2v) is 4.72. The van der Waals surface area contributed by atoms with E-state index in [4.69, 9.17) is 5.26 Å². The summed E-state index contributed by atoms with van der Waals surface area (Å²) in [5.41, 5.74) is 1.92. The highest BCUT2D eigenvalue weighted by molar-refractivity contribution is 5.40. The third kappa shape index (κ3) is 1.07. The second kappa shape index (κ2) is 2.84. The Morgan fingerprint density at radius 2 is 2.20 bits per heavy atom. The summed E-state index contributed by atoms with van der Waals surface area (Å²) in [6.07, 6.45) is 2.41. The molecule has 3 atom stereocenters. The molecule has 2 aliphatic carbocycles. The van der Waals surface area contributed by atoms with Gasteiger partial charge in [-0.2, -0.15) is 5.26 Å². The van der Waals surface area contributed by atoms with Gasteiger partial charge in [-0.1, -0.05) is 24.3 Å². The van der Waals surface area contributed by atoms with Crippen LogP contribution in [0.3, 0.4) is 0 Å². The van der Waals surface area contributed by atoms with Gasteiger partial charge in [-0.15, -0.1) is 0 Å². The molecule has 76 valence electrons. The maximum Gasteiger partial charge on any atom is 0.0744 e. The number of fused-ring (bicyclic) bond motifs is 3. The van der Waals surface area contributed by atoms with E-state index in [1.54, 1.807) is 0 Å². The monoisotopic (exact) mass is 199 g/mol. The smallest absolute Gasteiger partial charge is 0.0744 e. The van der Waals surface area contributed by atoms with E-state index >= 15 is 0 Å². The summed E-state index contributed by atoms with van der Waals surface area (Å²) in [6.45, 7) is 0. The lowest BCUT2D eigenvalue weighted by Crippen LogP contribution is -2.54. The minimum atomic E-state index is -0.589. The number of benzene rings is 1. The number of rotatable bonds is 0. The lowest BCUT2D eigenvalue weighted by atomic mass is 9.54. The van der Waals surface area contributed by atoms with Crippen LogP contribution in [0.2, 0.25) is 0 Å². The first-order chi connectivity index (χ1) is 7.24. The molecule has 15 heavy (non-hydrogen) atoms. The van der Waals surface area contributed by atoms with Crippen LogP contribution in [-0.4, -0.2) is 10.7 Å². The largest absolute Gasteiger partial charge is 0.389 e. The minimum absolute atomic E-state index is 0.0106. The van der Waals surface area contributed by atoms with Crippen molar-refractivity contribution in [1.29, 1.82) is 5.26 Å². The standard InChI is InChI=1S/C13H13NO/c14-8-10-7-13(15)6-5-9-3-1-2-4-11(9)12(10)13/h1-4,10,12,15H,5-7H2/t10-,12?,13-/m0/s1. The van der Waals surface area contributed by atoms with Gasteiger partial charge in [-0.3, -0.25) is 0 Å². The van der Waals surface area contributed by atoms with Gasteiger partial charge in [0.1, 0.15) is 0 Å². The van der Waals surface area contributed by atoms with Crippen LogP contribution >= 0.6 is 0 Å². The fourth-order valence-electron chi connectivity index (χ4n) is 3.14. The van der Waals surface area contributed by atoms with E-state index < -0.39 is 5.60 Å². The Hall–Kier alpha value is -1.33. The normalized spacial score (nSPS) is 37.1. The van der Waals surface area contributed by atoms with Crippen molar-refractivity contribution in [2.24, 2.45) is 5.92 Å². The molecule has 2 heteroatoms. The van der Waals surface area contributed by atoms with Crippen molar-refractivity contribution in [3.05, 3.63) is 35.4 Å². The molecular weight excluding hydrogens is 186 g/mol. The Kier molecular flexibility index (Phi) is 1.69. The average Bonchev–Trinajstić information content (AvgIpc) is 2.23. The molecule has 2 aliphatic rings. The molecule has 1 unspecified atom stereocenters. The van der Waals surface area contributed by atoms with Crippen LogP contribution < -0.4 is 0 Å². The summed E-state index contributed by atoms with van der Waals surface area (Å²) in [6, 6.07) is 10.5. The van der Waals surface area contributed by atoms with Crippen LogP contribution in [-0.2, 0) is 6.42 Å². The predicted molar refractivity (Wildman–Crippen MR) is 56.2 cm³/mol. The molecule has 0 aliphatic heterocycles. The summed E-state index contributed by atoms with van der Waals surface area (Å²) >= 11 is 0. The summed E-state index contributed by atoms with van der Waals surface area (Å²) < 4.78 is 0. The first-order valence-electron chi connectivity index (χ1n) is 5.44. The van der Waals surface area contributed by atoms with Crippen molar-refractivity contribution in [2.45, 2.75) is 30.8 Å². The summed E-state index contributed by atoms with van der Waals surface area (Å²) in [4.78, 5) is 0. The van der Waals surface area contributed by atoms with E-state index in [0.717, 1.165) is 12.8 Å². The highest BCUT2D eigenvalue weighted by atomic mass is 16.3. The van der Waals surface area contributed by atoms with Gasteiger partial charge in [0.05, 0.1) is 17.6 Å². The van der Waals surface area contributed by atoms with Crippen LogP contribution in [0, 0.1) is 17.2 Å². The molecule has 0 heterocycles. The van der Waals surface area contributed by atoms with E-state index in [1.807, 2.05) is 12.1 Å². The van der Waals surface area contributed by atoms with Gasteiger partial charge in [0, 0.05) is 5.92 Å². The molecule has 1 aromatic rings. The average molecular weight is 199 g/mol. The minimum Gasteiger partial charge on any atom is -0.389 e. The van der Waals surface area contributed by atoms with Crippen molar-refractivity contribution < 1.29 is 5.11 Å². The lowest BCUT2D eigenvalue weighted by molar-refractivity contribution is -0.0944. The summed E-state index contributed by atoms with van der Waals surface area (Å²) in [7, 11) is 0. The second-order valence-electron chi connectivity index (χ2n) is 4.72. The zero-order valence-corrected chi connectivity index (χ0v) is 8.48. The van der Waals surface area contributed by atoms with Gasteiger partial charge >= 0.3 is 0 Å². The zero-order chi connectivity index (χ0) is 10.5. The molecule has 3 rings (SSSR count). The Morgan fingerprint density at radius 3 is 3.00 bits per heavy atom. The van der Waals surface area contributed by atoms with Gasteiger partial charge in [0.25, 0.3) is 0 Å². The Balaban J connectivity index is 2.08. The highest BCUT2D eigenvalue weighted by Gasteiger charge is 2.55. The first kappa shape index (κ1) is 8.94. The SMILES string of the molecule is N#C[C@@H]1C[C@@]2(O)CCc3ccccc3C12. The van der Waals surface area contributed by atoms with Gasteiger partial charge < -0.3 is 5.11 Å². The van der Waals surface area contributed by atoms with E-state index in [9.17, 15) is 5.11 Å². The predicted octanol–water partition coefficient (Wildman–Crippen LogP) is 1.99. The van der Waals surface area contributed by atoms with Gasteiger partial charge in [-0.05, 0) is 30.4 Å². The van der Waals surface area contributed by atoms with Crippen LogP contribution in [0.25, 0.3) is 0 Å². The Bertz CT molecular complexity index is 448. The topological polar surface area (TPSA) is 44.0 Å². The van der Waals surface area contributed by atoms with Crippen LogP contribution in [0.1, 0.15) is 29.9 Å². The van der Waals surface area contributed by atoms with Crippen molar-refractivity contribution in [3.63, 3.8) is 0 Å². The Labute approximate surface area is 89.2 Å². The molecule has 0 radical (unpaired) electrons. The third-order valence-corrected chi connectivity index (χ3v) is 3.94. The Morgan fingerprint density at radius 1 is 1.40 bits per heavy atom. The summed E-state index contributed by atoms with van der Waals surface area (Å²) in [5, 5.41) is 19.3. The molecule has 0 spiro atoms. The molecular formula is C13H13NO. The number of nitrogens with zero attached hydrogens (tertiary/aromatic N) is 1. The van der Waals surface area contributed by atoms with Crippen LogP contribution in [0.15, 0.2) is 24.3 Å². The van der Waals surface area contributed by atoms with Gasteiger partial charge in [0.2, 0.25) is 0 Å². The number of nitriles is 1. The van der Waals surface area contributed by atoms with Crippen LogP contribution in [0.4, 0.5) is 0 Å². The molecule has 0 saturated heterocycles. The number of aryl methyl sites for hydroxylation is 1. The van der Waals surface area contributed by atoms with Crippen LogP contribution in [0.5, 0.6) is 0 Å². The van der Waals surface area contributed by atoms with Crippen molar-refractivity contribution in [2.75, 3.05) is 0 Å². The fourth-order valence-corrected chi connectivity index (χ4v) is 3.14. The maximum absolute atomic E-state index is 10.3. The van der Waals surface area contributed by atoms with Crippen molar-refractivity contribution >= 4 is 0 Å². The summed E-state index contributed by atoms with van der Waals surface area (Å²) in [5.74, 6) is 0.0731. The molecule has 1 saturated carbocycles. The maximum atomic E-state index is 10.3. The fraction of sp³-hybridized carbons (Fsp3) is 0.462. The number of aliphatic hydroxyl groups is 1. The molecule has 0 amide bonds. The first-order valence-corrected chi connectivity index (χ1v) is 5.44. The lowest BCUT2D eigenvalue weighted by Gasteiger charge is -2.52. The molecule has 2 nitrogen and oxygen atoms in total. The van der Waals surface area contributed by atoms with E-state index in [1.165, 1.54) is 11.1 Å². The quantitative estimate of drug-likeness (QED) is 0.694. The molecule has 1 aromatic carbocycles. The molecule has 0 bridgehead atoms. The number of hydrogen-bond donors (Lipinski definition) is 1. The van der Waals surface area contributed by atoms with Crippen molar-refractivity contribution in [3.8, 4) is 6.07 Å².